The van der Waals surface area contributed by atoms with Gasteiger partial charge in [-0.1, -0.05) is 22.9 Å². The van der Waals surface area contributed by atoms with E-state index in [1.165, 1.54) is 41.2 Å². The standard InChI is InChI=1S/C19H16ClN7O5/c20-16-11-15(27(31)32)4-5-18(16)23-6-8-24(9-7-23)19(28)17-12-25(22-21-17)13-2-1-3-14(10-13)26(29)30/h1-5,10-12H,6-9H2. The van der Waals surface area contributed by atoms with Crippen LogP contribution < -0.4 is 4.90 Å². The van der Waals surface area contributed by atoms with E-state index >= 15 is 0 Å². The van der Waals surface area contributed by atoms with E-state index in [0.717, 1.165) is 0 Å². The first-order valence-corrected chi connectivity index (χ1v) is 9.86. The van der Waals surface area contributed by atoms with Crippen molar-refractivity contribution in [2.45, 2.75) is 0 Å². The molecule has 1 aliphatic heterocycles. The van der Waals surface area contributed by atoms with Crippen LogP contribution in [0.1, 0.15) is 10.5 Å². The van der Waals surface area contributed by atoms with Gasteiger partial charge in [0, 0.05) is 50.4 Å². The van der Waals surface area contributed by atoms with Crippen LogP contribution in [0, 0.1) is 20.2 Å². The summed E-state index contributed by atoms with van der Waals surface area (Å²) in [5.41, 5.74) is 1.04. The van der Waals surface area contributed by atoms with Crippen LogP contribution in [0.25, 0.3) is 5.69 Å². The van der Waals surface area contributed by atoms with E-state index in [-0.39, 0.29) is 28.0 Å². The van der Waals surface area contributed by atoms with E-state index in [9.17, 15) is 25.0 Å². The Balaban J connectivity index is 1.43. The highest BCUT2D eigenvalue weighted by molar-refractivity contribution is 6.33. The molecule has 0 unspecified atom stereocenters. The molecule has 32 heavy (non-hydrogen) atoms. The van der Waals surface area contributed by atoms with Gasteiger partial charge in [0.25, 0.3) is 17.3 Å². The number of rotatable bonds is 5. The molecule has 4 rings (SSSR count). The van der Waals surface area contributed by atoms with Gasteiger partial charge in [0.2, 0.25) is 0 Å². The molecule has 1 fully saturated rings. The molecule has 3 aromatic rings. The number of anilines is 1. The van der Waals surface area contributed by atoms with E-state index in [1.807, 2.05) is 4.90 Å². The van der Waals surface area contributed by atoms with Gasteiger partial charge in [-0.25, -0.2) is 4.68 Å². The third kappa shape index (κ3) is 4.21. The summed E-state index contributed by atoms with van der Waals surface area (Å²) in [7, 11) is 0. The molecule has 1 amide bonds. The number of piperazine rings is 1. The van der Waals surface area contributed by atoms with Gasteiger partial charge in [0.05, 0.1) is 32.4 Å². The molecule has 13 heteroatoms. The third-order valence-corrected chi connectivity index (χ3v) is 5.37. The number of carbonyl (C=O) groups is 1. The fraction of sp³-hybridized carbons (Fsp3) is 0.211. The van der Waals surface area contributed by atoms with Crippen molar-refractivity contribution in [1.29, 1.82) is 0 Å². The predicted octanol–water partition coefficient (Wildman–Crippen LogP) is 2.70. The molecule has 0 saturated carbocycles. The molecular weight excluding hydrogens is 442 g/mol. The molecule has 0 atom stereocenters. The number of non-ortho nitro benzene ring substituents is 2. The molecule has 0 aliphatic carbocycles. The smallest absolute Gasteiger partial charge is 0.276 e. The van der Waals surface area contributed by atoms with Crippen LogP contribution >= 0.6 is 11.6 Å². The fourth-order valence-electron chi connectivity index (χ4n) is 3.42. The second-order valence-electron chi connectivity index (χ2n) is 7.00. The van der Waals surface area contributed by atoms with Crippen molar-refractivity contribution in [2.75, 3.05) is 31.1 Å². The average Bonchev–Trinajstić information content (AvgIpc) is 3.29. The number of nitro benzene ring substituents is 2. The molecule has 12 nitrogen and oxygen atoms in total. The van der Waals surface area contributed by atoms with Crippen LogP contribution in [-0.2, 0) is 0 Å². The SMILES string of the molecule is O=C(c1cn(-c2cccc([N+](=O)[O-])c2)nn1)N1CCN(c2ccc([N+](=O)[O-])cc2Cl)CC1. The maximum absolute atomic E-state index is 12.8. The lowest BCUT2D eigenvalue weighted by atomic mass is 10.2. The number of nitro groups is 2. The summed E-state index contributed by atoms with van der Waals surface area (Å²) in [6, 6.07) is 10.2. The summed E-state index contributed by atoms with van der Waals surface area (Å²) in [4.78, 5) is 37.2. The van der Waals surface area contributed by atoms with Gasteiger partial charge in [0.1, 0.15) is 0 Å². The van der Waals surface area contributed by atoms with Crippen LogP contribution in [-0.4, -0.2) is 61.8 Å². The molecule has 1 aromatic heterocycles. The molecule has 2 heterocycles. The van der Waals surface area contributed by atoms with E-state index in [4.69, 9.17) is 11.6 Å². The monoisotopic (exact) mass is 457 g/mol. The summed E-state index contributed by atoms with van der Waals surface area (Å²) in [6.07, 6.45) is 1.43. The van der Waals surface area contributed by atoms with Crippen molar-refractivity contribution in [2.24, 2.45) is 0 Å². The molecule has 0 spiro atoms. The van der Waals surface area contributed by atoms with Crippen LogP contribution in [0.3, 0.4) is 0 Å². The Bertz CT molecular complexity index is 1210. The fourth-order valence-corrected chi connectivity index (χ4v) is 3.71. The molecule has 164 valence electrons. The zero-order valence-corrected chi connectivity index (χ0v) is 17.3. The second-order valence-corrected chi connectivity index (χ2v) is 7.40. The van der Waals surface area contributed by atoms with Crippen LogP contribution in [0.2, 0.25) is 5.02 Å². The number of hydrogen-bond acceptors (Lipinski definition) is 8. The molecular formula is C19H16ClN7O5. The Morgan fingerprint density at radius 2 is 1.66 bits per heavy atom. The second kappa shape index (κ2) is 8.59. The van der Waals surface area contributed by atoms with E-state index in [2.05, 4.69) is 10.3 Å². The minimum Gasteiger partial charge on any atom is -0.367 e. The minimum atomic E-state index is -0.511. The van der Waals surface area contributed by atoms with Crippen molar-refractivity contribution in [1.82, 2.24) is 19.9 Å². The molecule has 0 N–H and O–H groups in total. The molecule has 1 saturated heterocycles. The van der Waals surface area contributed by atoms with Crippen LogP contribution in [0.15, 0.2) is 48.7 Å². The number of amides is 1. The molecule has 0 radical (unpaired) electrons. The normalized spacial score (nSPS) is 13.8. The third-order valence-electron chi connectivity index (χ3n) is 5.07. The van der Waals surface area contributed by atoms with E-state index < -0.39 is 9.85 Å². The summed E-state index contributed by atoms with van der Waals surface area (Å²) in [6.45, 7) is 1.77. The quantitative estimate of drug-likeness (QED) is 0.420. The number of carbonyl (C=O) groups excluding carboxylic acids is 1. The van der Waals surface area contributed by atoms with Gasteiger partial charge in [-0.15, -0.1) is 5.10 Å². The lowest BCUT2D eigenvalue weighted by molar-refractivity contribution is -0.385. The lowest BCUT2D eigenvalue weighted by Crippen LogP contribution is -2.49. The Morgan fingerprint density at radius 1 is 0.969 bits per heavy atom. The topological polar surface area (TPSA) is 141 Å². The van der Waals surface area contributed by atoms with E-state index in [1.54, 1.807) is 17.0 Å². The van der Waals surface area contributed by atoms with Crippen LogP contribution in [0.4, 0.5) is 17.1 Å². The molecule has 0 bridgehead atoms. The Morgan fingerprint density at radius 3 is 2.31 bits per heavy atom. The minimum absolute atomic E-state index is 0.0839. The largest absolute Gasteiger partial charge is 0.367 e. The highest BCUT2D eigenvalue weighted by Crippen LogP contribution is 2.30. The van der Waals surface area contributed by atoms with Crippen molar-refractivity contribution in [3.05, 3.63) is 79.6 Å². The lowest BCUT2D eigenvalue weighted by Gasteiger charge is -2.36. The number of aromatic nitrogens is 3. The summed E-state index contributed by atoms with van der Waals surface area (Å²) >= 11 is 6.20. The Kier molecular flexibility index (Phi) is 5.69. The van der Waals surface area contributed by atoms with Gasteiger partial charge in [0.15, 0.2) is 5.69 Å². The first-order valence-electron chi connectivity index (χ1n) is 9.49. The van der Waals surface area contributed by atoms with Crippen molar-refractivity contribution in [3.63, 3.8) is 0 Å². The Labute approximate surface area is 185 Å². The zero-order chi connectivity index (χ0) is 22.8. The van der Waals surface area contributed by atoms with Crippen molar-refractivity contribution < 1.29 is 14.6 Å². The van der Waals surface area contributed by atoms with Crippen molar-refractivity contribution >= 4 is 34.6 Å². The summed E-state index contributed by atoms with van der Waals surface area (Å²) in [5.74, 6) is -0.309. The number of hydrogen-bond donors (Lipinski definition) is 0. The zero-order valence-electron chi connectivity index (χ0n) is 16.5. The van der Waals surface area contributed by atoms with Crippen molar-refractivity contribution in [3.8, 4) is 5.69 Å². The highest BCUT2D eigenvalue weighted by atomic mass is 35.5. The van der Waals surface area contributed by atoms with Gasteiger partial charge in [-0.05, 0) is 12.1 Å². The predicted molar refractivity (Wildman–Crippen MR) is 114 cm³/mol. The van der Waals surface area contributed by atoms with Gasteiger partial charge >= 0.3 is 0 Å². The maximum atomic E-state index is 12.8. The number of halogens is 1. The molecule has 2 aromatic carbocycles. The number of nitrogens with zero attached hydrogens (tertiary/aromatic N) is 7. The highest BCUT2D eigenvalue weighted by Gasteiger charge is 2.26. The summed E-state index contributed by atoms with van der Waals surface area (Å²) in [5, 5.41) is 29.9. The summed E-state index contributed by atoms with van der Waals surface area (Å²) < 4.78 is 1.31. The first kappa shape index (κ1) is 21.2. The van der Waals surface area contributed by atoms with E-state index in [0.29, 0.717) is 37.6 Å². The van der Waals surface area contributed by atoms with Crippen LogP contribution in [0.5, 0.6) is 0 Å². The van der Waals surface area contributed by atoms with Gasteiger partial charge < -0.3 is 9.80 Å². The van der Waals surface area contributed by atoms with Gasteiger partial charge in [-0.3, -0.25) is 25.0 Å². The Hall–Kier alpha value is -4.06. The first-order chi connectivity index (χ1) is 15.3. The van der Waals surface area contributed by atoms with Gasteiger partial charge in [-0.2, -0.15) is 0 Å². The average molecular weight is 458 g/mol. The maximum Gasteiger partial charge on any atom is 0.276 e. The number of benzene rings is 2. The molecule has 1 aliphatic rings.